The van der Waals surface area contributed by atoms with Crippen molar-refractivity contribution in [3.63, 3.8) is 0 Å². The van der Waals surface area contributed by atoms with Gasteiger partial charge in [0.05, 0.1) is 16.0 Å². The van der Waals surface area contributed by atoms with Gasteiger partial charge < -0.3 is 15.2 Å². The van der Waals surface area contributed by atoms with Crippen molar-refractivity contribution >= 4 is 28.8 Å². The SMILES string of the molecule is CC(C)(C)OC(=O)N[C@@H](CCc1nc2cc([N+](=O)[O-])ccc2n1-c1ccccc1)C(=O)O. The van der Waals surface area contributed by atoms with Crippen LogP contribution in [-0.2, 0) is 16.0 Å². The molecule has 0 saturated carbocycles. The number of nitrogens with zero attached hydrogens (tertiary/aromatic N) is 3. The Hall–Kier alpha value is -3.95. The van der Waals surface area contributed by atoms with E-state index in [0.29, 0.717) is 16.9 Å². The number of ether oxygens (including phenoxy) is 1. The summed E-state index contributed by atoms with van der Waals surface area (Å²) in [7, 11) is 0. The van der Waals surface area contributed by atoms with Crippen LogP contribution < -0.4 is 5.32 Å². The van der Waals surface area contributed by atoms with Gasteiger partial charge in [0.2, 0.25) is 0 Å². The molecular formula is C22H24N4O6. The number of nitro benzene ring substituents is 1. The number of rotatable bonds is 7. The first-order chi connectivity index (χ1) is 15.0. The first kappa shape index (κ1) is 22.7. The molecule has 3 rings (SSSR count). The molecule has 0 bridgehead atoms. The predicted octanol–water partition coefficient (Wildman–Crippen LogP) is 3.84. The highest BCUT2D eigenvalue weighted by Crippen LogP contribution is 2.26. The van der Waals surface area contributed by atoms with Crippen molar-refractivity contribution in [1.82, 2.24) is 14.9 Å². The molecule has 2 aromatic carbocycles. The Labute approximate surface area is 184 Å². The molecule has 0 radical (unpaired) electrons. The summed E-state index contributed by atoms with van der Waals surface area (Å²) < 4.78 is 6.97. The van der Waals surface area contributed by atoms with Crippen molar-refractivity contribution in [3.05, 3.63) is 64.5 Å². The van der Waals surface area contributed by atoms with Gasteiger partial charge in [-0.25, -0.2) is 14.6 Å². The number of alkyl carbamates (subject to hydrolysis) is 1. The molecule has 1 aromatic heterocycles. The molecule has 1 amide bonds. The van der Waals surface area contributed by atoms with Crippen LogP contribution in [0.2, 0.25) is 0 Å². The predicted molar refractivity (Wildman–Crippen MR) is 117 cm³/mol. The topological polar surface area (TPSA) is 137 Å². The molecule has 0 unspecified atom stereocenters. The number of carboxylic acids is 1. The van der Waals surface area contributed by atoms with Gasteiger partial charge in [-0.05, 0) is 45.4 Å². The number of nitrogens with one attached hydrogen (secondary N) is 1. The summed E-state index contributed by atoms with van der Waals surface area (Å²) in [4.78, 5) is 38.9. The number of para-hydroxylation sites is 1. The summed E-state index contributed by atoms with van der Waals surface area (Å²) >= 11 is 0. The highest BCUT2D eigenvalue weighted by atomic mass is 16.6. The third-order valence-corrected chi connectivity index (χ3v) is 4.58. The van der Waals surface area contributed by atoms with Crippen molar-refractivity contribution in [1.29, 1.82) is 0 Å². The van der Waals surface area contributed by atoms with Crippen LogP contribution in [0.4, 0.5) is 10.5 Å². The van der Waals surface area contributed by atoms with E-state index >= 15 is 0 Å². The maximum absolute atomic E-state index is 12.0. The number of aromatic nitrogens is 2. The van der Waals surface area contributed by atoms with Gasteiger partial charge in [-0.15, -0.1) is 0 Å². The summed E-state index contributed by atoms with van der Waals surface area (Å²) in [5.41, 5.74) is 1.01. The number of aliphatic carboxylic acids is 1. The Morgan fingerprint density at radius 3 is 2.50 bits per heavy atom. The molecular weight excluding hydrogens is 416 g/mol. The van der Waals surface area contributed by atoms with Crippen molar-refractivity contribution < 1.29 is 24.4 Å². The molecule has 1 atom stereocenters. The second-order valence-electron chi connectivity index (χ2n) is 8.20. The fraction of sp³-hybridized carbons (Fsp3) is 0.318. The molecule has 0 fully saturated rings. The minimum Gasteiger partial charge on any atom is -0.480 e. The largest absolute Gasteiger partial charge is 0.480 e. The highest BCUT2D eigenvalue weighted by molar-refractivity contribution is 5.81. The van der Waals surface area contributed by atoms with E-state index in [-0.39, 0.29) is 18.5 Å². The van der Waals surface area contributed by atoms with Crippen LogP contribution in [0.1, 0.15) is 33.0 Å². The zero-order chi connectivity index (χ0) is 23.5. The van der Waals surface area contributed by atoms with Gasteiger partial charge in [0, 0.05) is 24.2 Å². The quantitative estimate of drug-likeness (QED) is 0.420. The Morgan fingerprint density at radius 2 is 1.91 bits per heavy atom. The van der Waals surface area contributed by atoms with Crippen LogP contribution >= 0.6 is 0 Å². The van der Waals surface area contributed by atoms with E-state index in [1.165, 1.54) is 12.1 Å². The number of fused-ring (bicyclic) bond motifs is 1. The molecule has 32 heavy (non-hydrogen) atoms. The van der Waals surface area contributed by atoms with Crippen molar-refractivity contribution in [2.75, 3.05) is 0 Å². The lowest BCUT2D eigenvalue weighted by Gasteiger charge is -2.22. The Kier molecular flexibility index (Phi) is 6.42. The van der Waals surface area contributed by atoms with Crippen LogP contribution in [0.3, 0.4) is 0 Å². The minimum absolute atomic E-state index is 0.0484. The van der Waals surface area contributed by atoms with Crippen molar-refractivity contribution in [2.24, 2.45) is 0 Å². The monoisotopic (exact) mass is 440 g/mol. The van der Waals surface area contributed by atoms with E-state index in [2.05, 4.69) is 10.3 Å². The average molecular weight is 440 g/mol. The van der Waals surface area contributed by atoms with Crippen molar-refractivity contribution in [3.8, 4) is 5.69 Å². The molecule has 0 aliphatic heterocycles. The molecule has 0 saturated heterocycles. The number of nitro groups is 1. The Morgan fingerprint density at radius 1 is 1.22 bits per heavy atom. The normalized spacial score (nSPS) is 12.3. The Bertz CT molecular complexity index is 1150. The molecule has 168 valence electrons. The number of imidazole rings is 1. The molecule has 10 heteroatoms. The lowest BCUT2D eigenvalue weighted by Crippen LogP contribution is -2.43. The van der Waals surface area contributed by atoms with Gasteiger partial charge in [0.1, 0.15) is 17.5 Å². The first-order valence-electron chi connectivity index (χ1n) is 9.98. The maximum Gasteiger partial charge on any atom is 0.408 e. The summed E-state index contributed by atoms with van der Waals surface area (Å²) in [5.74, 6) is -0.683. The van der Waals surface area contributed by atoms with Crippen LogP contribution in [0.5, 0.6) is 0 Å². The van der Waals surface area contributed by atoms with Gasteiger partial charge in [-0.1, -0.05) is 18.2 Å². The van der Waals surface area contributed by atoms with E-state index in [1.54, 1.807) is 26.8 Å². The molecule has 0 spiro atoms. The molecule has 0 aliphatic rings. The van der Waals surface area contributed by atoms with Crippen LogP contribution in [-0.4, -0.2) is 43.3 Å². The van der Waals surface area contributed by atoms with Gasteiger partial charge in [0.15, 0.2) is 0 Å². The van der Waals surface area contributed by atoms with E-state index in [0.717, 1.165) is 5.69 Å². The minimum atomic E-state index is -1.20. The number of hydrogen-bond acceptors (Lipinski definition) is 6. The number of carbonyl (C=O) groups is 2. The average Bonchev–Trinajstić information content (AvgIpc) is 3.07. The zero-order valence-corrected chi connectivity index (χ0v) is 17.9. The smallest absolute Gasteiger partial charge is 0.408 e. The van der Waals surface area contributed by atoms with Gasteiger partial charge in [-0.3, -0.25) is 14.7 Å². The standard InChI is InChI=1S/C22H24N4O6/c1-22(2,3)32-21(29)24-16(20(27)28)10-12-19-23-17-13-15(26(30)31)9-11-18(17)25(19)14-7-5-4-6-8-14/h4-9,11,13,16H,10,12H2,1-3H3,(H,24,29)(H,27,28)/t16-/m0/s1. The van der Waals surface area contributed by atoms with E-state index < -0.39 is 28.6 Å². The lowest BCUT2D eigenvalue weighted by atomic mass is 10.1. The molecule has 3 aromatic rings. The number of aryl methyl sites for hydroxylation is 1. The number of amides is 1. The first-order valence-corrected chi connectivity index (χ1v) is 9.98. The lowest BCUT2D eigenvalue weighted by molar-refractivity contribution is -0.384. The Balaban J connectivity index is 1.92. The number of carboxylic acid groups (broad SMARTS) is 1. The zero-order valence-electron chi connectivity index (χ0n) is 17.9. The number of hydrogen-bond donors (Lipinski definition) is 2. The van der Waals surface area contributed by atoms with E-state index in [1.807, 2.05) is 34.9 Å². The van der Waals surface area contributed by atoms with Crippen LogP contribution in [0.25, 0.3) is 16.7 Å². The molecule has 10 nitrogen and oxygen atoms in total. The summed E-state index contributed by atoms with van der Waals surface area (Å²) in [6.45, 7) is 5.05. The molecule has 1 heterocycles. The second-order valence-corrected chi connectivity index (χ2v) is 8.20. The molecule has 0 aliphatic carbocycles. The number of carbonyl (C=O) groups excluding carboxylic acids is 1. The number of non-ortho nitro benzene ring substituents is 1. The fourth-order valence-electron chi connectivity index (χ4n) is 3.25. The summed E-state index contributed by atoms with van der Waals surface area (Å²) in [6.07, 6.45) is -0.575. The van der Waals surface area contributed by atoms with Crippen LogP contribution in [0.15, 0.2) is 48.5 Å². The van der Waals surface area contributed by atoms with Crippen molar-refractivity contribution in [2.45, 2.75) is 45.3 Å². The van der Waals surface area contributed by atoms with E-state index in [9.17, 15) is 24.8 Å². The second kappa shape index (κ2) is 9.04. The van der Waals surface area contributed by atoms with E-state index in [4.69, 9.17) is 4.74 Å². The molecule has 2 N–H and O–H groups in total. The third-order valence-electron chi connectivity index (χ3n) is 4.58. The summed E-state index contributed by atoms with van der Waals surface area (Å²) in [5, 5.41) is 23.1. The third kappa shape index (κ3) is 5.39. The highest BCUT2D eigenvalue weighted by Gasteiger charge is 2.25. The summed E-state index contributed by atoms with van der Waals surface area (Å²) in [6, 6.07) is 12.5. The number of benzene rings is 2. The fourth-order valence-corrected chi connectivity index (χ4v) is 3.25. The van der Waals surface area contributed by atoms with Gasteiger partial charge in [0.25, 0.3) is 5.69 Å². The van der Waals surface area contributed by atoms with Gasteiger partial charge >= 0.3 is 12.1 Å². The van der Waals surface area contributed by atoms with Gasteiger partial charge in [-0.2, -0.15) is 0 Å². The van der Waals surface area contributed by atoms with Crippen LogP contribution in [0, 0.1) is 10.1 Å². The maximum atomic E-state index is 12.0.